The minimum atomic E-state index is -0.136. The first kappa shape index (κ1) is 15.5. The van der Waals surface area contributed by atoms with Crippen LogP contribution in [0.15, 0.2) is 23.3 Å². The molecule has 3 nitrogen and oxygen atoms in total. The average molecular weight is 375 g/mol. The SMILES string of the molecule is O=C1C=CC(=O)C2CC3=C(CC12)[C@H]1C[C@@H]2CCC[C@@]2(O1)C31SCCS1. The maximum Gasteiger partial charge on any atom is 0.159 e. The van der Waals surface area contributed by atoms with Crippen LogP contribution in [0.2, 0.25) is 0 Å². The van der Waals surface area contributed by atoms with Gasteiger partial charge in [0.25, 0.3) is 0 Å². The summed E-state index contributed by atoms with van der Waals surface area (Å²) < 4.78 is 6.86. The number of ketones is 2. The van der Waals surface area contributed by atoms with Crippen molar-refractivity contribution in [2.75, 3.05) is 11.5 Å². The maximum atomic E-state index is 12.6. The Bertz CT molecular complexity index is 748. The fraction of sp³-hybridized carbons (Fsp3) is 0.700. The summed E-state index contributed by atoms with van der Waals surface area (Å²) in [4.78, 5) is 25.0. The monoisotopic (exact) mass is 374 g/mol. The molecule has 6 rings (SSSR count). The zero-order valence-electron chi connectivity index (χ0n) is 14.2. The van der Waals surface area contributed by atoms with Crippen molar-refractivity contribution >= 4 is 35.1 Å². The largest absolute Gasteiger partial charge is 0.364 e. The Morgan fingerprint density at radius 3 is 2.52 bits per heavy atom. The average Bonchev–Trinajstić information content (AvgIpc) is 3.29. The Morgan fingerprint density at radius 1 is 1.04 bits per heavy atom. The fourth-order valence-electron chi connectivity index (χ4n) is 6.56. The van der Waals surface area contributed by atoms with Gasteiger partial charge in [0.2, 0.25) is 0 Å². The first-order valence-electron chi connectivity index (χ1n) is 9.58. The molecule has 0 radical (unpaired) electrons. The normalized spacial score (nSPS) is 46.6. The minimum absolute atomic E-state index is 0.00721. The molecule has 0 aromatic heterocycles. The molecule has 0 aromatic carbocycles. The van der Waals surface area contributed by atoms with Crippen molar-refractivity contribution in [2.24, 2.45) is 17.8 Å². The van der Waals surface area contributed by atoms with Crippen molar-refractivity contribution in [3.05, 3.63) is 23.3 Å². The molecule has 0 N–H and O–H groups in total. The molecule has 2 spiro atoms. The molecular formula is C20H22O3S2. The van der Waals surface area contributed by atoms with Crippen LogP contribution in [0.1, 0.15) is 38.5 Å². The van der Waals surface area contributed by atoms with E-state index in [1.54, 1.807) is 0 Å². The van der Waals surface area contributed by atoms with Gasteiger partial charge in [-0.2, -0.15) is 0 Å². The molecule has 2 unspecified atom stereocenters. The third kappa shape index (κ3) is 1.76. The molecule has 2 saturated heterocycles. The molecule has 3 heterocycles. The van der Waals surface area contributed by atoms with Crippen molar-refractivity contribution in [1.82, 2.24) is 0 Å². The predicted octanol–water partition coefficient (Wildman–Crippen LogP) is 3.53. The van der Waals surface area contributed by atoms with Gasteiger partial charge in [-0.3, -0.25) is 9.59 Å². The first-order chi connectivity index (χ1) is 12.1. The second-order valence-corrected chi connectivity index (χ2v) is 11.3. The van der Waals surface area contributed by atoms with E-state index in [2.05, 4.69) is 23.5 Å². The zero-order valence-corrected chi connectivity index (χ0v) is 15.8. The Labute approximate surface area is 156 Å². The summed E-state index contributed by atoms with van der Waals surface area (Å²) in [7, 11) is 0. The van der Waals surface area contributed by atoms with Crippen molar-refractivity contribution in [1.29, 1.82) is 0 Å². The van der Waals surface area contributed by atoms with E-state index in [1.807, 2.05) is 0 Å². The summed E-state index contributed by atoms with van der Waals surface area (Å²) in [5.41, 5.74) is 2.91. The molecule has 1 saturated carbocycles. The van der Waals surface area contributed by atoms with Crippen LogP contribution in [0, 0.1) is 17.8 Å². The number of carbonyl (C=O) groups excluding carboxylic acids is 2. The van der Waals surface area contributed by atoms with E-state index in [-0.39, 0.29) is 39.2 Å². The van der Waals surface area contributed by atoms with Crippen LogP contribution >= 0.6 is 23.5 Å². The van der Waals surface area contributed by atoms with E-state index < -0.39 is 0 Å². The summed E-state index contributed by atoms with van der Waals surface area (Å²) in [5, 5.41) is 0. The van der Waals surface area contributed by atoms with Crippen LogP contribution in [0.4, 0.5) is 0 Å². The van der Waals surface area contributed by atoms with Crippen LogP contribution < -0.4 is 0 Å². The van der Waals surface area contributed by atoms with Gasteiger partial charge in [-0.1, -0.05) is 6.42 Å². The summed E-state index contributed by atoms with van der Waals surface area (Å²) in [6.45, 7) is 0. The maximum absolute atomic E-state index is 12.6. The molecule has 5 atom stereocenters. The molecule has 0 amide bonds. The second kappa shape index (κ2) is 5.05. The smallest absolute Gasteiger partial charge is 0.159 e. The number of allylic oxidation sites excluding steroid dienone is 2. The van der Waals surface area contributed by atoms with Gasteiger partial charge in [0, 0.05) is 23.3 Å². The zero-order chi connectivity index (χ0) is 16.8. The van der Waals surface area contributed by atoms with E-state index >= 15 is 0 Å². The molecule has 5 heteroatoms. The van der Waals surface area contributed by atoms with Gasteiger partial charge in [0.05, 0.1) is 11.7 Å². The number of thioether (sulfide) groups is 2. The third-order valence-corrected chi connectivity index (χ3v) is 11.3. The van der Waals surface area contributed by atoms with Crippen LogP contribution in [0.5, 0.6) is 0 Å². The van der Waals surface area contributed by atoms with Gasteiger partial charge in [0.15, 0.2) is 11.6 Å². The molecular weight excluding hydrogens is 352 g/mol. The van der Waals surface area contributed by atoms with Crippen molar-refractivity contribution in [3.63, 3.8) is 0 Å². The Hall–Kier alpha value is -0.520. The van der Waals surface area contributed by atoms with Crippen molar-refractivity contribution in [2.45, 2.75) is 54.3 Å². The van der Waals surface area contributed by atoms with Gasteiger partial charge in [-0.05, 0) is 61.3 Å². The topological polar surface area (TPSA) is 43.4 Å². The Balaban J connectivity index is 1.52. The number of fused-ring (bicyclic) bond motifs is 4. The fourth-order valence-corrected chi connectivity index (χ4v) is 10.5. The van der Waals surface area contributed by atoms with E-state index in [0.717, 1.165) is 19.3 Å². The third-order valence-electron chi connectivity index (χ3n) is 7.53. The van der Waals surface area contributed by atoms with Gasteiger partial charge >= 0.3 is 0 Å². The molecule has 0 aromatic rings. The molecule has 3 aliphatic heterocycles. The van der Waals surface area contributed by atoms with E-state index in [1.165, 1.54) is 54.1 Å². The predicted molar refractivity (Wildman–Crippen MR) is 99.6 cm³/mol. The molecule has 132 valence electrons. The summed E-state index contributed by atoms with van der Waals surface area (Å²) >= 11 is 4.17. The lowest BCUT2D eigenvalue weighted by molar-refractivity contribution is -0.130. The van der Waals surface area contributed by atoms with Gasteiger partial charge in [-0.15, -0.1) is 23.5 Å². The molecule has 25 heavy (non-hydrogen) atoms. The van der Waals surface area contributed by atoms with Crippen LogP contribution in [0.3, 0.4) is 0 Å². The number of rotatable bonds is 0. The summed E-state index contributed by atoms with van der Waals surface area (Å²) in [5.74, 6) is 3.06. The van der Waals surface area contributed by atoms with E-state index in [0.29, 0.717) is 5.92 Å². The number of ether oxygens (including phenoxy) is 1. The van der Waals surface area contributed by atoms with E-state index in [4.69, 9.17) is 4.74 Å². The van der Waals surface area contributed by atoms with Crippen LogP contribution in [-0.2, 0) is 14.3 Å². The molecule has 6 aliphatic rings. The molecule has 3 fully saturated rings. The van der Waals surface area contributed by atoms with Crippen molar-refractivity contribution in [3.8, 4) is 0 Å². The van der Waals surface area contributed by atoms with Crippen LogP contribution in [0.25, 0.3) is 0 Å². The molecule has 2 bridgehead atoms. The summed E-state index contributed by atoms with van der Waals surface area (Å²) in [6, 6.07) is 0. The highest BCUT2D eigenvalue weighted by Gasteiger charge is 2.70. The number of carbonyl (C=O) groups is 2. The highest BCUT2D eigenvalue weighted by molar-refractivity contribution is 8.21. The second-order valence-electron chi connectivity index (χ2n) is 8.40. The number of hydrogen-bond acceptors (Lipinski definition) is 5. The quantitative estimate of drug-likeness (QED) is 0.607. The lowest BCUT2D eigenvalue weighted by Gasteiger charge is -2.53. The highest BCUT2D eigenvalue weighted by atomic mass is 32.2. The van der Waals surface area contributed by atoms with Gasteiger partial charge in [0.1, 0.15) is 4.08 Å². The van der Waals surface area contributed by atoms with Crippen LogP contribution in [-0.4, -0.2) is 38.9 Å². The number of hydrogen-bond donors (Lipinski definition) is 0. The standard InChI is InChI=1S/C20H22O3S2/c21-16-3-4-17(22)13-10-15-14(9-12(13)16)18-8-11-2-1-5-19(11,23-18)20(15)24-6-7-25-20/h3-4,11-13,18H,1-2,5-10H2/t11-,12?,13?,18+,19-/m0/s1. The lowest BCUT2D eigenvalue weighted by atomic mass is 9.67. The Kier molecular flexibility index (Phi) is 3.14. The Morgan fingerprint density at radius 2 is 1.76 bits per heavy atom. The summed E-state index contributed by atoms with van der Waals surface area (Å²) in [6.07, 6.45) is 9.67. The highest BCUT2D eigenvalue weighted by Crippen LogP contribution is 2.71. The minimum Gasteiger partial charge on any atom is -0.364 e. The van der Waals surface area contributed by atoms with Crippen molar-refractivity contribution < 1.29 is 14.3 Å². The lowest BCUT2D eigenvalue weighted by Crippen LogP contribution is -2.56. The van der Waals surface area contributed by atoms with Gasteiger partial charge in [-0.25, -0.2) is 0 Å². The van der Waals surface area contributed by atoms with E-state index in [9.17, 15) is 9.59 Å². The molecule has 3 aliphatic carbocycles. The van der Waals surface area contributed by atoms with Gasteiger partial charge < -0.3 is 4.74 Å². The first-order valence-corrected chi connectivity index (χ1v) is 11.6.